The molecule has 102 valence electrons. The maximum absolute atomic E-state index is 5.93. The smallest absolute Gasteiger partial charge is 0.182 e. The Labute approximate surface area is 117 Å². The van der Waals surface area contributed by atoms with Gasteiger partial charge in [0.1, 0.15) is 0 Å². The topological polar surface area (TPSA) is 69.6 Å². The van der Waals surface area contributed by atoms with Gasteiger partial charge >= 0.3 is 0 Å². The summed E-state index contributed by atoms with van der Waals surface area (Å²) in [5.74, 6) is 0.713. The number of anilines is 1. The van der Waals surface area contributed by atoms with Crippen LogP contribution in [0.2, 0.25) is 5.02 Å². The SMILES string of the molecule is CCC(C)(C)Cn1nnnc1-c1ccc(Cl)c(N)c1. The minimum absolute atomic E-state index is 0.141. The van der Waals surface area contributed by atoms with Crippen LogP contribution in [0.25, 0.3) is 11.4 Å². The Morgan fingerprint density at radius 3 is 2.74 bits per heavy atom. The Bertz CT molecular complexity index is 576. The standard InChI is InChI=1S/C13H18ClN5/c1-4-13(2,3)8-19-12(16-17-18-19)9-5-6-10(14)11(15)7-9/h5-7H,4,8,15H2,1-3H3. The first-order chi connectivity index (χ1) is 8.93. The van der Waals surface area contributed by atoms with E-state index in [1.165, 1.54) is 0 Å². The summed E-state index contributed by atoms with van der Waals surface area (Å²) in [5, 5.41) is 12.4. The molecule has 0 fully saturated rings. The highest BCUT2D eigenvalue weighted by molar-refractivity contribution is 6.33. The number of rotatable bonds is 4. The van der Waals surface area contributed by atoms with Crippen molar-refractivity contribution in [3.05, 3.63) is 23.2 Å². The van der Waals surface area contributed by atoms with E-state index >= 15 is 0 Å². The number of hydrogen-bond acceptors (Lipinski definition) is 4. The van der Waals surface area contributed by atoms with Crippen LogP contribution in [0, 0.1) is 5.41 Å². The Balaban J connectivity index is 2.36. The van der Waals surface area contributed by atoms with E-state index in [1.54, 1.807) is 12.1 Å². The summed E-state index contributed by atoms with van der Waals surface area (Å²) in [6.07, 6.45) is 1.05. The van der Waals surface area contributed by atoms with Crippen molar-refractivity contribution in [2.45, 2.75) is 33.7 Å². The third kappa shape index (κ3) is 3.04. The molecule has 2 N–H and O–H groups in total. The van der Waals surface area contributed by atoms with Crippen molar-refractivity contribution in [1.29, 1.82) is 0 Å². The van der Waals surface area contributed by atoms with Crippen LogP contribution in [0.1, 0.15) is 27.2 Å². The number of nitrogens with two attached hydrogens (primary N) is 1. The lowest BCUT2D eigenvalue weighted by Crippen LogP contribution is -2.20. The molecule has 0 saturated carbocycles. The van der Waals surface area contributed by atoms with Gasteiger partial charge in [0.2, 0.25) is 0 Å². The molecule has 0 aliphatic carbocycles. The summed E-state index contributed by atoms with van der Waals surface area (Å²) in [5.41, 5.74) is 7.37. The molecule has 0 atom stereocenters. The van der Waals surface area contributed by atoms with Gasteiger partial charge in [-0.2, -0.15) is 0 Å². The number of benzene rings is 1. The number of hydrogen-bond donors (Lipinski definition) is 1. The first-order valence-corrected chi connectivity index (χ1v) is 6.62. The highest BCUT2D eigenvalue weighted by atomic mass is 35.5. The molecule has 2 aromatic rings. The molecule has 1 aromatic carbocycles. The van der Waals surface area contributed by atoms with Crippen molar-refractivity contribution in [3.63, 3.8) is 0 Å². The van der Waals surface area contributed by atoms with Crippen LogP contribution in [0.4, 0.5) is 5.69 Å². The van der Waals surface area contributed by atoms with E-state index in [2.05, 4.69) is 36.3 Å². The Morgan fingerprint density at radius 2 is 2.11 bits per heavy atom. The van der Waals surface area contributed by atoms with Crippen molar-refractivity contribution in [3.8, 4) is 11.4 Å². The molecule has 0 spiro atoms. The molecule has 5 nitrogen and oxygen atoms in total. The zero-order chi connectivity index (χ0) is 14.0. The van der Waals surface area contributed by atoms with Crippen LogP contribution in [-0.2, 0) is 6.54 Å². The molecule has 0 saturated heterocycles. The summed E-state index contributed by atoms with van der Waals surface area (Å²) in [4.78, 5) is 0. The van der Waals surface area contributed by atoms with Crippen LogP contribution < -0.4 is 5.73 Å². The molecular weight excluding hydrogens is 262 g/mol. The summed E-state index contributed by atoms with van der Waals surface area (Å²) >= 11 is 5.93. The van der Waals surface area contributed by atoms with Gasteiger partial charge in [-0.3, -0.25) is 0 Å². The Morgan fingerprint density at radius 1 is 1.37 bits per heavy atom. The van der Waals surface area contributed by atoms with Gasteiger partial charge in [0.05, 0.1) is 17.3 Å². The normalized spacial score (nSPS) is 11.8. The average molecular weight is 280 g/mol. The largest absolute Gasteiger partial charge is 0.398 e. The van der Waals surface area contributed by atoms with Gasteiger partial charge in [-0.05, 0) is 40.5 Å². The predicted molar refractivity (Wildman–Crippen MR) is 76.7 cm³/mol. The van der Waals surface area contributed by atoms with Crippen molar-refractivity contribution in [2.75, 3.05) is 5.73 Å². The van der Waals surface area contributed by atoms with E-state index in [0.29, 0.717) is 16.5 Å². The third-order valence-corrected chi connectivity index (χ3v) is 3.67. The lowest BCUT2D eigenvalue weighted by atomic mass is 9.90. The molecule has 6 heteroatoms. The van der Waals surface area contributed by atoms with E-state index in [1.807, 2.05) is 10.7 Å². The monoisotopic (exact) mass is 279 g/mol. The summed E-state index contributed by atoms with van der Waals surface area (Å²) in [7, 11) is 0. The molecular formula is C13H18ClN5. The van der Waals surface area contributed by atoms with E-state index in [4.69, 9.17) is 17.3 Å². The van der Waals surface area contributed by atoms with Crippen molar-refractivity contribution >= 4 is 17.3 Å². The molecule has 0 unspecified atom stereocenters. The predicted octanol–water partition coefficient (Wildman–Crippen LogP) is 3.01. The van der Waals surface area contributed by atoms with E-state index in [0.717, 1.165) is 18.5 Å². The second-order valence-corrected chi connectivity index (χ2v) is 5.82. The summed E-state index contributed by atoms with van der Waals surface area (Å²) in [6, 6.07) is 5.43. The summed E-state index contributed by atoms with van der Waals surface area (Å²) in [6.45, 7) is 7.29. The Hall–Kier alpha value is -1.62. The number of halogens is 1. The fraction of sp³-hybridized carbons (Fsp3) is 0.462. The zero-order valence-corrected chi connectivity index (χ0v) is 12.1. The van der Waals surface area contributed by atoms with Crippen LogP contribution in [-0.4, -0.2) is 20.2 Å². The van der Waals surface area contributed by atoms with Gasteiger partial charge in [-0.25, -0.2) is 4.68 Å². The second kappa shape index (κ2) is 5.17. The highest BCUT2D eigenvalue weighted by Gasteiger charge is 2.20. The van der Waals surface area contributed by atoms with Crippen LogP contribution in [0.3, 0.4) is 0 Å². The molecule has 1 aromatic heterocycles. The Kier molecular flexibility index (Phi) is 3.75. The van der Waals surface area contributed by atoms with Crippen molar-refractivity contribution in [2.24, 2.45) is 5.41 Å². The highest BCUT2D eigenvalue weighted by Crippen LogP contribution is 2.27. The van der Waals surface area contributed by atoms with Gasteiger partial charge in [-0.1, -0.05) is 32.4 Å². The molecule has 0 aliphatic heterocycles. The quantitative estimate of drug-likeness (QED) is 0.874. The fourth-order valence-electron chi connectivity index (χ4n) is 1.72. The summed E-state index contributed by atoms with van der Waals surface area (Å²) < 4.78 is 1.81. The van der Waals surface area contributed by atoms with E-state index < -0.39 is 0 Å². The second-order valence-electron chi connectivity index (χ2n) is 5.41. The minimum Gasteiger partial charge on any atom is -0.398 e. The average Bonchev–Trinajstić information content (AvgIpc) is 2.80. The van der Waals surface area contributed by atoms with Gasteiger partial charge in [0.25, 0.3) is 0 Å². The molecule has 0 radical (unpaired) electrons. The zero-order valence-electron chi connectivity index (χ0n) is 11.4. The van der Waals surface area contributed by atoms with Gasteiger partial charge in [-0.15, -0.1) is 5.10 Å². The number of nitrogen functional groups attached to an aromatic ring is 1. The van der Waals surface area contributed by atoms with Crippen molar-refractivity contribution < 1.29 is 0 Å². The first-order valence-electron chi connectivity index (χ1n) is 6.24. The third-order valence-electron chi connectivity index (χ3n) is 3.32. The van der Waals surface area contributed by atoms with Crippen LogP contribution >= 0.6 is 11.6 Å². The van der Waals surface area contributed by atoms with Crippen molar-refractivity contribution in [1.82, 2.24) is 20.2 Å². The van der Waals surface area contributed by atoms with E-state index in [-0.39, 0.29) is 5.41 Å². The van der Waals surface area contributed by atoms with Crippen LogP contribution in [0.5, 0.6) is 0 Å². The molecule has 0 aliphatic rings. The number of nitrogens with zero attached hydrogens (tertiary/aromatic N) is 4. The fourth-order valence-corrected chi connectivity index (χ4v) is 1.84. The molecule has 2 rings (SSSR count). The maximum atomic E-state index is 5.93. The number of aromatic nitrogens is 4. The first kappa shape index (κ1) is 13.8. The maximum Gasteiger partial charge on any atom is 0.182 e. The molecule has 0 amide bonds. The van der Waals surface area contributed by atoms with Gasteiger partial charge < -0.3 is 5.73 Å². The van der Waals surface area contributed by atoms with E-state index in [9.17, 15) is 0 Å². The molecule has 0 bridgehead atoms. The lowest BCUT2D eigenvalue weighted by molar-refractivity contribution is 0.279. The molecule has 19 heavy (non-hydrogen) atoms. The number of tetrazole rings is 1. The van der Waals surface area contributed by atoms with Gasteiger partial charge in [0, 0.05) is 5.56 Å². The minimum atomic E-state index is 0.141. The van der Waals surface area contributed by atoms with Crippen LogP contribution in [0.15, 0.2) is 18.2 Å². The lowest BCUT2D eigenvalue weighted by Gasteiger charge is -2.22. The van der Waals surface area contributed by atoms with Gasteiger partial charge in [0.15, 0.2) is 5.82 Å². The molecule has 1 heterocycles.